The van der Waals surface area contributed by atoms with Gasteiger partial charge in [-0.2, -0.15) is 0 Å². The van der Waals surface area contributed by atoms with E-state index in [2.05, 4.69) is 50.3 Å². The summed E-state index contributed by atoms with van der Waals surface area (Å²) < 4.78 is 11.5. The average molecular weight is 399 g/mol. The second-order valence-corrected chi connectivity index (χ2v) is 8.84. The largest absolute Gasteiger partial charge is 0.462 e. The lowest BCUT2D eigenvalue weighted by atomic mass is 9.78. The predicted molar refractivity (Wildman–Crippen MR) is 118 cm³/mol. The van der Waals surface area contributed by atoms with Gasteiger partial charge in [0.1, 0.15) is 6.10 Å². The van der Waals surface area contributed by atoms with Crippen molar-refractivity contribution in [3.8, 4) is 0 Å². The van der Waals surface area contributed by atoms with E-state index in [4.69, 9.17) is 9.47 Å². The van der Waals surface area contributed by atoms with Crippen molar-refractivity contribution < 1.29 is 14.3 Å². The molecule has 2 aliphatic carbocycles. The summed E-state index contributed by atoms with van der Waals surface area (Å²) in [7, 11) is 0. The molecule has 0 amide bonds. The monoisotopic (exact) mass is 398 g/mol. The van der Waals surface area contributed by atoms with Crippen LogP contribution in [0.4, 0.5) is 0 Å². The molecule has 0 radical (unpaired) electrons. The molecule has 0 bridgehead atoms. The second-order valence-electron chi connectivity index (χ2n) is 8.84. The zero-order chi connectivity index (χ0) is 20.5. The summed E-state index contributed by atoms with van der Waals surface area (Å²) in [6, 6.07) is 8.87. The first kappa shape index (κ1) is 22.1. The van der Waals surface area contributed by atoms with E-state index in [9.17, 15) is 4.79 Å². The van der Waals surface area contributed by atoms with Crippen LogP contribution in [0.3, 0.4) is 0 Å². The lowest BCUT2D eigenvalue weighted by molar-refractivity contribution is -0.157. The summed E-state index contributed by atoms with van der Waals surface area (Å²) in [5.41, 5.74) is 2.64. The lowest BCUT2D eigenvalue weighted by Gasteiger charge is -2.31. The minimum absolute atomic E-state index is 0.0568. The summed E-state index contributed by atoms with van der Waals surface area (Å²) in [6.45, 7) is 5.73. The summed E-state index contributed by atoms with van der Waals surface area (Å²) in [4.78, 5) is 12.6. The van der Waals surface area contributed by atoms with Crippen molar-refractivity contribution in [1.82, 2.24) is 0 Å². The highest BCUT2D eigenvalue weighted by Gasteiger charge is 2.30. The van der Waals surface area contributed by atoms with Crippen LogP contribution in [0.1, 0.15) is 88.7 Å². The van der Waals surface area contributed by atoms with E-state index in [0.717, 1.165) is 64.4 Å². The number of ether oxygens (including phenoxy) is 2. The number of benzene rings is 1. The van der Waals surface area contributed by atoms with Crippen LogP contribution < -0.4 is 0 Å². The van der Waals surface area contributed by atoms with E-state index in [1.165, 1.54) is 11.1 Å². The van der Waals surface area contributed by atoms with Gasteiger partial charge in [0.15, 0.2) is 0 Å². The smallest absolute Gasteiger partial charge is 0.309 e. The molecule has 0 spiro atoms. The number of esters is 1. The first-order valence-electron chi connectivity index (χ1n) is 11.7. The van der Waals surface area contributed by atoms with E-state index >= 15 is 0 Å². The number of rotatable bonds is 8. The Morgan fingerprint density at radius 3 is 2.31 bits per heavy atom. The third-order valence-electron chi connectivity index (χ3n) is 6.60. The van der Waals surface area contributed by atoms with Crippen molar-refractivity contribution in [2.75, 3.05) is 6.61 Å². The minimum Gasteiger partial charge on any atom is -0.462 e. The Hall–Kier alpha value is -1.61. The van der Waals surface area contributed by atoms with Gasteiger partial charge in [0, 0.05) is 6.61 Å². The van der Waals surface area contributed by atoms with Gasteiger partial charge in [0.05, 0.1) is 12.5 Å². The van der Waals surface area contributed by atoms with E-state index in [-0.39, 0.29) is 18.0 Å². The van der Waals surface area contributed by atoms with Gasteiger partial charge in [0.25, 0.3) is 0 Å². The Balaban J connectivity index is 1.40. The van der Waals surface area contributed by atoms with Crippen molar-refractivity contribution >= 4 is 5.97 Å². The number of hydrogen-bond acceptors (Lipinski definition) is 3. The maximum atomic E-state index is 12.6. The molecule has 0 atom stereocenters. The molecule has 0 heterocycles. The van der Waals surface area contributed by atoms with Crippen LogP contribution in [0.15, 0.2) is 36.4 Å². The highest BCUT2D eigenvalue weighted by Crippen LogP contribution is 2.37. The Kier molecular flexibility index (Phi) is 8.79. The first-order valence-corrected chi connectivity index (χ1v) is 11.7. The van der Waals surface area contributed by atoms with E-state index in [1.54, 1.807) is 0 Å². The van der Waals surface area contributed by atoms with Gasteiger partial charge >= 0.3 is 5.97 Å². The van der Waals surface area contributed by atoms with Crippen LogP contribution in [0.2, 0.25) is 0 Å². The fourth-order valence-electron chi connectivity index (χ4n) is 4.81. The molecule has 160 valence electrons. The molecule has 0 N–H and O–H groups in total. The maximum Gasteiger partial charge on any atom is 0.309 e. The maximum absolute atomic E-state index is 12.6. The molecule has 3 nitrogen and oxygen atoms in total. The van der Waals surface area contributed by atoms with Gasteiger partial charge in [-0.25, -0.2) is 0 Å². The van der Waals surface area contributed by atoms with E-state index < -0.39 is 0 Å². The van der Waals surface area contributed by atoms with Crippen molar-refractivity contribution in [1.29, 1.82) is 0 Å². The summed E-state index contributed by atoms with van der Waals surface area (Å²) >= 11 is 0. The van der Waals surface area contributed by atoms with Gasteiger partial charge in [-0.1, -0.05) is 43.3 Å². The highest BCUT2D eigenvalue weighted by molar-refractivity contribution is 5.72. The Bertz CT molecular complexity index is 632. The van der Waals surface area contributed by atoms with Crippen LogP contribution >= 0.6 is 0 Å². The van der Waals surface area contributed by atoms with Gasteiger partial charge < -0.3 is 9.47 Å². The molecule has 3 heteroatoms. The van der Waals surface area contributed by atoms with Crippen molar-refractivity contribution in [3.05, 3.63) is 47.5 Å². The average Bonchev–Trinajstić information content (AvgIpc) is 2.76. The molecule has 1 aromatic rings. The Labute approximate surface area is 176 Å². The lowest BCUT2D eigenvalue weighted by Crippen LogP contribution is -2.29. The van der Waals surface area contributed by atoms with Crippen LogP contribution in [-0.4, -0.2) is 18.7 Å². The Morgan fingerprint density at radius 1 is 1.00 bits per heavy atom. The predicted octanol–water partition coefficient (Wildman–Crippen LogP) is 6.57. The summed E-state index contributed by atoms with van der Waals surface area (Å²) in [6.07, 6.45) is 14.0. The van der Waals surface area contributed by atoms with Crippen LogP contribution in [0.25, 0.3) is 0 Å². The zero-order valence-electron chi connectivity index (χ0n) is 18.3. The third kappa shape index (κ3) is 6.70. The SMILES string of the molecule is CC=CC1CCC(OC(=O)C2CCC(c3ccc(COCCC)cc3)CC2)CC1. The molecular weight excluding hydrogens is 360 g/mol. The molecule has 3 rings (SSSR count). The molecule has 0 aromatic heterocycles. The fraction of sp³-hybridized carbons (Fsp3) is 0.654. The normalized spacial score (nSPS) is 27.8. The Morgan fingerprint density at radius 2 is 1.69 bits per heavy atom. The molecule has 0 unspecified atom stereocenters. The minimum atomic E-state index is 0.0568. The number of carbonyl (C=O) groups is 1. The van der Waals surface area contributed by atoms with Gasteiger partial charge in [-0.15, -0.1) is 0 Å². The second kappa shape index (κ2) is 11.5. The van der Waals surface area contributed by atoms with Crippen LogP contribution in [0, 0.1) is 11.8 Å². The first-order chi connectivity index (χ1) is 14.2. The summed E-state index contributed by atoms with van der Waals surface area (Å²) in [5.74, 6) is 1.40. The molecule has 0 saturated heterocycles. The highest BCUT2D eigenvalue weighted by atomic mass is 16.5. The number of hydrogen-bond donors (Lipinski definition) is 0. The molecule has 2 fully saturated rings. The van der Waals surface area contributed by atoms with Crippen LogP contribution in [-0.2, 0) is 20.9 Å². The van der Waals surface area contributed by atoms with E-state index in [0.29, 0.717) is 18.4 Å². The van der Waals surface area contributed by atoms with Gasteiger partial charge in [0.2, 0.25) is 0 Å². The molecule has 29 heavy (non-hydrogen) atoms. The molecule has 2 aliphatic rings. The van der Waals surface area contributed by atoms with Crippen molar-refractivity contribution in [2.24, 2.45) is 11.8 Å². The van der Waals surface area contributed by atoms with E-state index in [1.807, 2.05) is 0 Å². The molecular formula is C26H38O3. The van der Waals surface area contributed by atoms with Crippen molar-refractivity contribution in [3.63, 3.8) is 0 Å². The number of allylic oxidation sites excluding steroid dienone is 2. The zero-order valence-corrected chi connectivity index (χ0v) is 18.3. The quantitative estimate of drug-likeness (QED) is 0.282. The number of carbonyl (C=O) groups excluding carboxylic acids is 1. The molecule has 0 aliphatic heterocycles. The van der Waals surface area contributed by atoms with Crippen molar-refractivity contribution in [2.45, 2.75) is 90.3 Å². The third-order valence-corrected chi connectivity index (χ3v) is 6.60. The molecule has 2 saturated carbocycles. The van der Waals surface area contributed by atoms with Gasteiger partial charge in [-0.05, 0) is 87.7 Å². The summed E-state index contributed by atoms with van der Waals surface area (Å²) in [5, 5.41) is 0. The van der Waals surface area contributed by atoms with Crippen LogP contribution in [0.5, 0.6) is 0 Å². The molecule has 1 aromatic carbocycles. The standard InChI is InChI=1S/C26H38O3/c1-3-5-20-8-16-25(17-9-20)29-26(27)24-14-12-23(13-15-24)22-10-6-21(7-11-22)19-28-18-4-2/h3,5-7,10-11,20,23-25H,4,8-9,12-19H2,1-2H3. The topological polar surface area (TPSA) is 35.5 Å². The van der Waals surface area contributed by atoms with Gasteiger partial charge in [-0.3, -0.25) is 4.79 Å². The fourth-order valence-corrected chi connectivity index (χ4v) is 4.81.